The van der Waals surface area contributed by atoms with Crippen molar-refractivity contribution in [3.05, 3.63) is 64.0 Å². The normalized spacial score (nSPS) is 19.0. The van der Waals surface area contributed by atoms with Crippen LogP contribution in [0.25, 0.3) is 11.1 Å². The zero-order chi connectivity index (χ0) is 26.6. The Morgan fingerprint density at radius 3 is 2.55 bits per heavy atom. The van der Waals surface area contributed by atoms with Gasteiger partial charge in [-0.25, -0.2) is 15.0 Å². The van der Waals surface area contributed by atoms with Gasteiger partial charge in [0.1, 0.15) is 5.82 Å². The maximum absolute atomic E-state index is 12.1. The highest BCUT2D eigenvalue weighted by atomic mass is 16.5. The summed E-state index contributed by atoms with van der Waals surface area (Å²) in [4.78, 5) is 33.3. The van der Waals surface area contributed by atoms with Crippen molar-refractivity contribution in [3.63, 3.8) is 0 Å². The molecule has 3 aromatic heterocycles. The second kappa shape index (κ2) is 11.6. The fourth-order valence-corrected chi connectivity index (χ4v) is 5.23. The van der Waals surface area contributed by atoms with Crippen LogP contribution in [0.2, 0.25) is 0 Å². The number of anilines is 2. The van der Waals surface area contributed by atoms with Crippen LogP contribution >= 0.6 is 0 Å². The average Bonchev–Trinajstić information content (AvgIpc) is 3.16. The van der Waals surface area contributed by atoms with Crippen molar-refractivity contribution in [1.82, 2.24) is 24.4 Å². The number of aromatic nitrogens is 4. The predicted octanol–water partition coefficient (Wildman–Crippen LogP) is 1.59. The van der Waals surface area contributed by atoms with E-state index in [9.17, 15) is 4.79 Å². The van der Waals surface area contributed by atoms with Gasteiger partial charge in [-0.1, -0.05) is 6.92 Å². The first-order valence-corrected chi connectivity index (χ1v) is 13.5. The first-order valence-electron chi connectivity index (χ1n) is 13.5. The maximum atomic E-state index is 12.1. The number of aryl methyl sites for hydroxylation is 3. The summed E-state index contributed by atoms with van der Waals surface area (Å²) in [6, 6.07) is 6.20. The van der Waals surface area contributed by atoms with Gasteiger partial charge >= 0.3 is 0 Å². The molecular formula is C28H38N8O2. The molecule has 0 saturated carbocycles. The summed E-state index contributed by atoms with van der Waals surface area (Å²) < 4.78 is 7.17. The van der Waals surface area contributed by atoms with E-state index < -0.39 is 0 Å². The minimum Gasteiger partial charge on any atom is -0.378 e. The Hall–Kier alpha value is -3.34. The van der Waals surface area contributed by atoms with Crippen LogP contribution in [0.5, 0.6) is 0 Å². The third-order valence-electron chi connectivity index (χ3n) is 7.34. The third kappa shape index (κ3) is 5.87. The third-order valence-corrected chi connectivity index (χ3v) is 7.34. The Kier molecular flexibility index (Phi) is 8.01. The molecular weight excluding hydrogens is 480 g/mol. The van der Waals surface area contributed by atoms with E-state index in [4.69, 9.17) is 15.5 Å². The summed E-state index contributed by atoms with van der Waals surface area (Å²) in [5.41, 5.74) is 11.2. The fraction of sp³-hybridized carbons (Fsp3) is 0.500. The topological polar surface area (TPSA) is 106 Å². The molecule has 10 nitrogen and oxygen atoms in total. The molecule has 2 saturated heterocycles. The van der Waals surface area contributed by atoms with Gasteiger partial charge in [-0.2, -0.15) is 0 Å². The van der Waals surface area contributed by atoms with Gasteiger partial charge in [-0.3, -0.25) is 9.69 Å². The molecule has 0 bridgehead atoms. The van der Waals surface area contributed by atoms with Crippen molar-refractivity contribution in [2.75, 3.05) is 62.3 Å². The molecule has 0 unspecified atom stereocenters. The smallest absolute Gasteiger partial charge is 0.253 e. The zero-order valence-corrected chi connectivity index (χ0v) is 22.6. The van der Waals surface area contributed by atoms with Crippen LogP contribution in [-0.2, 0) is 24.8 Å². The highest BCUT2D eigenvalue weighted by molar-refractivity contribution is 5.67. The SMILES string of the molecule is CCc1nc(N2CCN(Cc3cnc(N4CCOC[C@@H](N)C4)nc3)CC2)ccc1-c1cc(C)c(=O)n(C)c1. The average molecular weight is 519 g/mol. The second-order valence-electron chi connectivity index (χ2n) is 10.3. The molecule has 10 heteroatoms. The molecule has 0 aromatic carbocycles. The Morgan fingerprint density at radius 2 is 1.84 bits per heavy atom. The predicted molar refractivity (Wildman–Crippen MR) is 150 cm³/mol. The Bertz CT molecular complexity index is 1270. The summed E-state index contributed by atoms with van der Waals surface area (Å²) in [7, 11) is 1.80. The molecule has 0 amide bonds. The lowest BCUT2D eigenvalue weighted by atomic mass is 10.0. The standard InChI is InChI=1S/C28H38N8O2/c1-4-25-24(22-13-20(2)27(37)33(3)17-22)5-6-26(32-25)35-9-7-34(8-10-35)16-21-14-30-28(31-15-21)36-11-12-38-19-23(29)18-36/h5-6,13-15,17,23H,4,7-12,16,18-19,29H2,1-3H3/t23-/m0/s1. The molecule has 1 atom stereocenters. The van der Waals surface area contributed by atoms with Gasteiger partial charge in [0.05, 0.1) is 18.9 Å². The summed E-state index contributed by atoms with van der Waals surface area (Å²) in [5, 5.41) is 0. The molecule has 2 N–H and O–H groups in total. The first-order chi connectivity index (χ1) is 18.4. The quantitative estimate of drug-likeness (QED) is 0.521. The van der Waals surface area contributed by atoms with E-state index in [1.165, 1.54) is 0 Å². The molecule has 5 rings (SSSR count). The molecule has 0 spiro atoms. The van der Waals surface area contributed by atoms with Gasteiger partial charge in [0.2, 0.25) is 5.95 Å². The zero-order valence-electron chi connectivity index (χ0n) is 22.6. The number of nitrogens with zero attached hydrogens (tertiary/aromatic N) is 7. The van der Waals surface area contributed by atoms with E-state index in [-0.39, 0.29) is 11.6 Å². The molecule has 2 fully saturated rings. The molecule has 5 heterocycles. The Morgan fingerprint density at radius 1 is 1.08 bits per heavy atom. The van der Waals surface area contributed by atoms with Gasteiger partial charge in [0.25, 0.3) is 5.56 Å². The van der Waals surface area contributed by atoms with Crippen molar-refractivity contribution in [3.8, 4) is 11.1 Å². The minimum atomic E-state index is -0.0195. The summed E-state index contributed by atoms with van der Waals surface area (Å²) in [6.45, 7) is 11.2. The number of hydrogen-bond acceptors (Lipinski definition) is 9. The minimum absolute atomic E-state index is 0.0195. The van der Waals surface area contributed by atoms with Crippen LogP contribution in [-0.4, -0.2) is 82.9 Å². The van der Waals surface area contributed by atoms with Crippen molar-refractivity contribution in [1.29, 1.82) is 0 Å². The van der Waals surface area contributed by atoms with Crippen LogP contribution in [0, 0.1) is 6.92 Å². The molecule has 2 aliphatic rings. The van der Waals surface area contributed by atoms with Gasteiger partial charge < -0.3 is 24.8 Å². The highest BCUT2D eigenvalue weighted by Gasteiger charge is 2.21. The molecule has 202 valence electrons. The fourth-order valence-electron chi connectivity index (χ4n) is 5.23. The van der Waals surface area contributed by atoms with Crippen molar-refractivity contribution >= 4 is 11.8 Å². The van der Waals surface area contributed by atoms with Crippen LogP contribution < -0.4 is 21.1 Å². The number of pyridine rings is 2. The van der Waals surface area contributed by atoms with Gasteiger partial charge in [0.15, 0.2) is 0 Å². The molecule has 38 heavy (non-hydrogen) atoms. The van der Waals surface area contributed by atoms with Crippen molar-refractivity contribution in [2.45, 2.75) is 32.9 Å². The second-order valence-corrected chi connectivity index (χ2v) is 10.3. The molecule has 3 aromatic rings. The summed E-state index contributed by atoms with van der Waals surface area (Å²) in [6.07, 6.45) is 6.59. The largest absolute Gasteiger partial charge is 0.378 e. The van der Waals surface area contributed by atoms with Crippen molar-refractivity contribution < 1.29 is 4.74 Å². The van der Waals surface area contributed by atoms with Gasteiger partial charge in [-0.05, 0) is 31.5 Å². The van der Waals surface area contributed by atoms with E-state index in [1.54, 1.807) is 11.6 Å². The number of hydrogen-bond donors (Lipinski definition) is 1. The van der Waals surface area contributed by atoms with Gasteiger partial charge in [0, 0.05) is 99.7 Å². The van der Waals surface area contributed by atoms with Crippen LogP contribution in [0.4, 0.5) is 11.8 Å². The first kappa shape index (κ1) is 26.3. The summed E-state index contributed by atoms with van der Waals surface area (Å²) in [5.74, 6) is 1.73. The lowest BCUT2D eigenvalue weighted by Crippen LogP contribution is -2.46. The Labute approximate surface area is 224 Å². The van der Waals surface area contributed by atoms with E-state index in [2.05, 4.69) is 43.7 Å². The Balaban J connectivity index is 1.20. The number of rotatable bonds is 6. The maximum Gasteiger partial charge on any atom is 0.253 e. The van der Waals surface area contributed by atoms with Crippen LogP contribution in [0.15, 0.2) is 41.6 Å². The van der Waals surface area contributed by atoms with E-state index in [0.29, 0.717) is 25.7 Å². The van der Waals surface area contributed by atoms with E-state index in [0.717, 1.165) is 79.5 Å². The van der Waals surface area contributed by atoms with Crippen LogP contribution in [0.1, 0.15) is 23.7 Å². The number of nitrogens with two attached hydrogens (primary N) is 1. The highest BCUT2D eigenvalue weighted by Crippen LogP contribution is 2.26. The lowest BCUT2D eigenvalue weighted by molar-refractivity contribution is 0.142. The molecule has 0 radical (unpaired) electrons. The van der Waals surface area contributed by atoms with E-state index in [1.807, 2.05) is 31.6 Å². The lowest BCUT2D eigenvalue weighted by Gasteiger charge is -2.35. The van der Waals surface area contributed by atoms with Gasteiger partial charge in [-0.15, -0.1) is 0 Å². The van der Waals surface area contributed by atoms with Crippen LogP contribution in [0.3, 0.4) is 0 Å². The monoisotopic (exact) mass is 518 g/mol. The van der Waals surface area contributed by atoms with E-state index >= 15 is 0 Å². The molecule has 2 aliphatic heterocycles. The number of piperazine rings is 1. The van der Waals surface area contributed by atoms with Crippen molar-refractivity contribution in [2.24, 2.45) is 12.8 Å². The summed E-state index contributed by atoms with van der Waals surface area (Å²) >= 11 is 0. The molecule has 0 aliphatic carbocycles. The number of ether oxygens (including phenoxy) is 1.